The van der Waals surface area contributed by atoms with E-state index in [2.05, 4.69) is 12.2 Å². The van der Waals surface area contributed by atoms with Gasteiger partial charge in [0.05, 0.1) is 5.69 Å². The van der Waals surface area contributed by atoms with Crippen LogP contribution >= 0.6 is 0 Å². The molecule has 0 radical (unpaired) electrons. The van der Waals surface area contributed by atoms with Crippen LogP contribution in [0.3, 0.4) is 0 Å². The minimum Gasteiger partial charge on any atom is -0.396 e. The number of hydrogen-bond donors (Lipinski definition) is 2. The molecule has 0 aromatic heterocycles. The quantitative estimate of drug-likeness (QED) is 0.774. The number of anilines is 2. The zero-order valence-corrected chi connectivity index (χ0v) is 10.3. The Hall–Kier alpha value is -1.58. The first-order chi connectivity index (χ1) is 8.04. The van der Waals surface area contributed by atoms with Crippen LogP contribution in [0.2, 0.25) is 0 Å². The number of carbonyl (C=O) groups excluding carboxylic acids is 1. The van der Waals surface area contributed by atoms with Gasteiger partial charge in [-0.15, -0.1) is 0 Å². The summed E-state index contributed by atoms with van der Waals surface area (Å²) in [6.45, 7) is 3.96. The molecule has 0 spiro atoms. The summed E-state index contributed by atoms with van der Waals surface area (Å²) in [6.07, 6.45) is 2.93. The van der Waals surface area contributed by atoms with E-state index in [0.29, 0.717) is 5.69 Å². The van der Waals surface area contributed by atoms with E-state index >= 15 is 0 Å². The summed E-state index contributed by atoms with van der Waals surface area (Å²) in [7, 11) is 0. The lowest BCUT2D eigenvalue weighted by Crippen LogP contribution is -2.20. The Morgan fingerprint density at radius 2 is 2.24 bits per heavy atom. The largest absolute Gasteiger partial charge is 0.396 e. The molecule has 0 bridgehead atoms. The first kappa shape index (κ1) is 13.5. The lowest BCUT2D eigenvalue weighted by molar-refractivity contribution is -0.119. The van der Waals surface area contributed by atoms with Crippen LogP contribution < -0.4 is 11.1 Å². The first-order valence-electron chi connectivity index (χ1n) is 5.90. The maximum absolute atomic E-state index is 13.2. The molecule has 94 valence electrons. The number of unbranched alkanes of at least 4 members (excludes halogenated alkanes) is 1. The number of nitrogens with one attached hydrogen (secondary N) is 1. The van der Waals surface area contributed by atoms with Gasteiger partial charge in [-0.05, 0) is 24.6 Å². The van der Waals surface area contributed by atoms with Crippen molar-refractivity contribution in [1.29, 1.82) is 0 Å². The van der Waals surface area contributed by atoms with Gasteiger partial charge in [0, 0.05) is 11.6 Å². The van der Waals surface area contributed by atoms with Crippen molar-refractivity contribution in [3.8, 4) is 0 Å². The van der Waals surface area contributed by atoms with Crippen molar-refractivity contribution in [2.24, 2.45) is 5.92 Å². The molecule has 1 unspecified atom stereocenters. The predicted molar refractivity (Wildman–Crippen MR) is 68.1 cm³/mol. The molecule has 1 aromatic carbocycles. The highest BCUT2D eigenvalue weighted by atomic mass is 19.1. The second-order valence-corrected chi connectivity index (χ2v) is 4.27. The van der Waals surface area contributed by atoms with Gasteiger partial charge in [-0.25, -0.2) is 4.39 Å². The second-order valence-electron chi connectivity index (χ2n) is 4.27. The Labute approximate surface area is 101 Å². The molecule has 0 aliphatic heterocycles. The third kappa shape index (κ3) is 4.06. The SMILES string of the molecule is CCCCC(C)C(=O)Nc1ccc(N)c(F)c1. The number of halogens is 1. The number of carbonyl (C=O) groups is 1. The van der Waals surface area contributed by atoms with Crippen LogP contribution in [-0.2, 0) is 4.79 Å². The fourth-order valence-corrected chi connectivity index (χ4v) is 1.51. The molecule has 0 heterocycles. The zero-order chi connectivity index (χ0) is 12.8. The fourth-order valence-electron chi connectivity index (χ4n) is 1.51. The van der Waals surface area contributed by atoms with E-state index in [0.717, 1.165) is 19.3 Å². The molecule has 1 atom stereocenters. The number of hydrogen-bond acceptors (Lipinski definition) is 2. The molecule has 3 nitrogen and oxygen atoms in total. The van der Waals surface area contributed by atoms with Gasteiger partial charge in [-0.3, -0.25) is 4.79 Å². The maximum Gasteiger partial charge on any atom is 0.227 e. The van der Waals surface area contributed by atoms with E-state index in [-0.39, 0.29) is 17.5 Å². The van der Waals surface area contributed by atoms with Crippen molar-refractivity contribution in [3.05, 3.63) is 24.0 Å². The minimum absolute atomic E-state index is 0.0597. The predicted octanol–water partition coefficient (Wildman–Crippen LogP) is 3.17. The van der Waals surface area contributed by atoms with Gasteiger partial charge in [-0.2, -0.15) is 0 Å². The van der Waals surface area contributed by atoms with Crippen LogP contribution in [0.15, 0.2) is 18.2 Å². The standard InChI is InChI=1S/C13H19FN2O/c1-3-4-5-9(2)13(17)16-10-6-7-12(15)11(14)8-10/h6-9H,3-5,15H2,1-2H3,(H,16,17). The lowest BCUT2D eigenvalue weighted by Gasteiger charge is -2.12. The van der Waals surface area contributed by atoms with Crippen molar-refractivity contribution in [2.75, 3.05) is 11.1 Å². The number of rotatable bonds is 5. The van der Waals surface area contributed by atoms with Crippen molar-refractivity contribution < 1.29 is 9.18 Å². The van der Waals surface area contributed by atoms with Crippen LogP contribution in [0.1, 0.15) is 33.1 Å². The van der Waals surface area contributed by atoms with Crippen LogP contribution in [-0.4, -0.2) is 5.91 Å². The molecule has 4 heteroatoms. The summed E-state index contributed by atoms with van der Waals surface area (Å²) in [5.74, 6) is -0.651. The lowest BCUT2D eigenvalue weighted by atomic mass is 10.0. The molecular weight excluding hydrogens is 219 g/mol. The number of amides is 1. The first-order valence-corrected chi connectivity index (χ1v) is 5.90. The topological polar surface area (TPSA) is 55.1 Å². The number of benzene rings is 1. The Bertz CT molecular complexity index is 393. The summed E-state index contributed by atoms with van der Waals surface area (Å²) in [6, 6.07) is 4.28. The molecule has 0 saturated carbocycles. The van der Waals surface area contributed by atoms with Gasteiger partial charge in [-0.1, -0.05) is 26.7 Å². The summed E-state index contributed by atoms with van der Waals surface area (Å²) in [5, 5.41) is 2.68. The normalized spacial score (nSPS) is 12.2. The fraction of sp³-hybridized carbons (Fsp3) is 0.462. The van der Waals surface area contributed by atoms with Crippen LogP contribution in [0.25, 0.3) is 0 Å². The monoisotopic (exact) mass is 238 g/mol. The Kier molecular flexibility index (Phi) is 4.94. The van der Waals surface area contributed by atoms with Gasteiger partial charge in [0.1, 0.15) is 5.82 Å². The third-order valence-electron chi connectivity index (χ3n) is 2.71. The summed E-state index contributed by atoms with van der Waals surface area (Å²) in [4.78, 5) is 11.7. The van der Waals surface area contributed by atoms with E-state index in [4.69, 9.17) is 5.73 Å². The molecule has 0 aliphatic rings. The highest BCUT2D eigenvalue weighted by Crippen LogP contribution is 2.17. The molecule has 0 saturated heterocycles. The van der Waals surface area contributed by atoms with E-state index in [1.165, 1.54) is 12.1 Å². The molecule has 3 N–H and O–H groups in total. The average molecular weight is 238 g/mol. The smallest absolute Gasteiger partial charge is 0.227 e. The number of nitrogens with two attached hydrogens (primary N) is 1. The summed E-state index contributed by atoms with van der Waals surface area (Å²) in [5.41, 5.74) is 5.89. The van der Waals surface area contributed by atoms with Gasteiger partial charge < -0.3 is 11.1 Å². The second kappa shape index (κ2) is 6.23. The minimum atomic E-state index is -0.510. The van der Waals surface area contributed by atoms with Gasteiger partial charge in [0.25, 0.3) is 0 Å². The zero-order valence-electron chi connectivity index (χ0n) is 10.3. The van der Waals surface area contributed by atoms with Crippen molar-refractivity contribution in [1.82, 2.24) is 0 Å². The highest BCUT2D eigenvalue weighted by molar-refractivity contribution is 5.92. The molecule has 1 amide bonds. The molecule has 1 rings (SSSR count). The van der Waals surface area contributed by atoms with E-state index < -0.39 is 5.82 Å². The van der Waals surface area contributed by atoms with E-state index in [1.807, 2.05) is 6.92 Å². The summed E-state index contributed by atoms with van der Waals surface area (Å²) < 4.78 is 13.2. The number of nitrogen functional groups attached to an aromatic ring is 1. The van der Waals surface area contributed by atoms with Crippen molar-refractivity contribution >= 4 is 17.3 Å². The maximum atomic E-state index is 13.2. The van der Waals surface area contributed by atoms with E-state index in [9.17, 15) is 9.18 Å². The van der Waals surface area contributed by atoms with Crippen LogP contribution in [0, 0.1) is 11.7 Å². The highest BCUT2D eigenvalue weighted by Gasteiger charge is 2.12. The average Bonchev–Trinajstić information content (AvgIpc) is 2.30. The van der Waals surface area contributed by atoms with Crippen molar-refractivity contribution in [2.45, 2.75) is 33.1 Å². The van der Waals surface area contributed by atoms with Crippen molar-refractivity contribution in [3.63, 3.8) is 0 Å². The molecular formula is C13H19FN2O. The third-order valence-corrected chi connectivity index (χ3v) is 2.71. The Morgan fingerprint density at radius 3 is 2.82 bits per heavy atom. The Morgan fingerprint density at radius 1 is 1.53 bits per heavy atom. The van der Waals surface area contributed by atoms with Crippen LogP contribution in [0.4, 0.5) is 15.8 Å². The van der Waals surface area contributed by atoms with Gasteiger partial charge in [0.15, 0.2) is 0 Å². The molecule has 0 fully saturated rings. The summed E-state index contributed by atoms with van der Waals surface area (Å²) >= 11 is 0. The Balaban J connectivity index is 2.58. The molecule has 0 aliphatic carbocycles. The van der Waals surface area contributed by atoms with Gasteiger partial charge >= 0.3 is 0 Å². The van der Waals surface area contributed by atoms with Gasteiger partial charge in [0.2, 0.25) is 5.91 Å². The molecule has 17 heavy (non-hydrogen) atoms. The van der Waals surface area contributed by atoms with Crippen LogP contribution in [0.5, 0.6) is 0 Å². The van der Waals surface area contributed by atoms with E-state index in [1.54, 1.807) is 6.07 Å². The molecule has 1 aromatic rings.